The van der Waals surface area contributed by atoms with Crippen LogP contribution in [0.4, 0.5) is 5.69 Å². The van der Waals surface area contributed by atoms with E-state index in [0.717, 1.165) is 10.6 Å². The molecule has 102 valence electrons. The van der Waals surface area contributed by atoms with Gasteiger partial charge in [-0.1, -0.05) is 40.9 Å². The predicted molar refractivity (Wildman–Crippen MR) is 79.7 cm³/mol. The van der Waals surface area contributed by atoms with Crippen LogP contribution in [0.5, 0.6) is 5.75 Å². The lowest BCUT2D eigenvalue weighted by atomic mass is 10.1. The first-order valence-electron chi connectivity index (χ1n) is 5.79. The average Bonchev–Trinajstić information content (AvgIpc) is 2.39. The molecule has 0 saturated carbocycles. The fraction of sp³-hybridized carbons (Fsp3) is 0.0714. The fourth-order valence-electron chi connectivity index (χ4n) is 1.97. The van der Waals surface area contributed by atoms with Crippen molar-refractivity contribution in [1.29, 1.82) is 0 Å². The van der Waals surface area contributed by atoms with E-state index in [1.807, 2.05) is 0 Å². The number of anilines is 1. The van der Waals surface area contributed by atoms with Crippen molar-refractivity contribution in [2.45, 2.75) is 6.42 Å². The maximum absolute atomic E-state index is 12.2. The zero-order valence-electron chi connectivity index (χ0n) is 10.1. The molecule has 0 N–H and O–H groups in total. The van der Waals surface area contributed by atoms with Crippen LogP contribution in [0.2, 0.25) is 15.1 Å². The molecule has 2 aromatic carbocycles. The van der Waals surface area contributed by atoms with Crippen molar-refractivity contribution in [3.05, 3.63) is 57.0 Å². The van der Waals surface area contributed by atoms with Gasteiger partial charge in [0.15, 0.2) is 5.75 Å². The molecule has 1 amide bonds. The van der Waals surface area contributed by atoms with Crippen LogP contribution < -0.4 is 9.90 Å². The minimum atomic E-state index is -0.205. The Kier molecular flexibility index (Phi) is 3.50. The fourth-order valence-corrected chi connectivity index (χ4v) is 2.62. The van der Waals surface area contributed by atoms with Gasteiger partial charge >= 0.3 is 0 Å². The highest BCUT2D eigenvalue weighted by molar-refractivity contribution is 6.36. The van der Waals surface area contributed by atoms with E-state index >= 15 is 0 Å². The lowest BCUT2D eigenvalue weighted by molar-refractivity contribution is -0.123. The molecule has 0 unspecified atom stereocenters. The molecule has 0 radical (unpaired) electrons. The molecule has 0 aromatic heterocycles. The molecule has 0 fully saturated rings. The van der Waals surface area contributed by atoms with Gasteiger partial charge in [-0.15, -0.1) is 5.06 Å². The molecular weight excluding hydrogens is 321 g/mol. The Morgan fingerprint density at radius 3 is 2.45 bits per heavy atom. The molecule has 1 aliphatic heterocycles. The lowest BCUT2D eigenvalue weighted by Crippen LogP contribution is -2.39. The second kappa shape index (κ2) is 5.17. The first-order chi connectivity index (χ1) is 9.54. The number of nitrogens with zero attached hydrogens (tertiary/aromatic N) is 1. The van der Waals surface area contributed by atoms with Gasteiger partial charge in [-0.25, -0.2) is 0 Å². The van der Waals surface area contributed by atoms with E-state index in [9.17, 15) is 4.79 Å². The van der Waals surface area contributed by atoms with Gasteiger partial charge in [0.2, 0.25) is 0 Å². The Morgan fingerprint density at radius 2 is 1.70 bits per heavy atom. The van der Waals surface area contributed by atoms with Gasteiger partial charge in [0, 0.05) is 21.7 Å². The summed E-state index contributed by atoms with van der Waals surface area (Å²) < 4.78 is 0. The van der Waals surface area contributed by atoms with Crippen LogP contribution in [0.15, 0.2) is 36.4 Å². The number of hydrogen-bond acceptors (Lipinski definition) is 2. The molecule has 2 aromatic rings. The van der Waals surface area contributed by atoms with E-state index in [2.05, 4.69) is 0 Å². The van der Waals surface area contributed by atoms with Gasteiger partial charge in [0.05, 0.1) is 11.4 Å². The van der Waals surface area contributed by atoms with Gasteiger partial charge in [-0.2, -0.15) is 0 Å². The summed E-state index contributed by atoms with van der Waals surface area (Å²) in [4.78, 5) is 17.8. The summed E-state index contributed by atoms with van der Waals surface area (Å²) in [5.41, 5.74) is 1.24. The molecule has 0 spiro atoms. The van der Waals surface area contributed by atoms with E-state index in [1.165, 1.54) is 0 Å². The predicted octanol–water partition coefficient (Wildman–Crippen LogP) is 4.53. The van der Waals surface area contributed by atoms with Crippen molar-refractivity contribution >= 4 is 46.4 Å². The number of benzene rings is 2. The molecule has 0 bridgehead atoms. The van der Waals surface area contributed by atoms with Crippen LogP contribution in [0, 0.1) is 0 Å². The van der Waals surface area contributed by atoms with Crippen LogP contribution >= 0.6 is 34.8 Å². The second-order valence-electron chi connectivity index (χ2n) is 4.30. The summed E-state index contributed by atoms with van der Waals surface area (Å²) in [6.45, 7) is 0. The topological polar surface area (TPSA) is 29.5 Å². The molecule has 3 nitrogen and oxygen atoms in total. The van der Waals surface area contributed by atoms with Gasteiger partial charge in [0.25, 0.3) is 5.91 Å². The van der Waals surface area contributed by atoms with Crippen LogP contribution in [-0.2, 0) is 11.2 Å². The molecule has 1 aliphatic rings. The molecule has 3 rings (SSSR count). The number of hydrogen-bond donors (Lipinski definition) is 0. The Morgan fingerprint density at radius 1 is 1.00 bits per heavy atom. The van der Waals surface area contributed by atoms with E-state index < -0.39 is 0 Å². The number of amides is 1. The number of fused-ring (bicyclic) bond motifs is 1. The van der Waals surface area contributed by atoms with Gasteiger partial charge in [0.1, 0.15) is 5.69 Å². The lowest BCUT2D eigenvalue weighted by Gasteiger charge is -2.28. The summed E-state index contributed by atoms with van der Waals surface area (Å²) in [5.74, 6) is 0.340. The summed E-state index contributed by atoms with van der Waals surface area (Å²) in [5, 5.41) is 2.54. The van der Waals surface area contributed by atoms with Crippen molar-refractivity contribution < 1.29 is 9.63 Å². The highest BCUT2D eigenvalue weighted by Crippen LogP contribution is 2.35. The van der Waals surface area contributed by atoms with Crippen LogP contribution in [0.25, 0.3) is 0 Å². The number of carbonyl (C=O) groups excluding carboxylic acids is 1. The molecule has 20 heavy (non-hydrogen) atoms. The maximum atomic E-state index is 12.2. The number of carbonyl (C=O) groups is 1. The third-order valence-corrected chi connectivity index (χ3v) is 3.69. The van der Waals surface area contributed by atoms with Crippen molar-refractivity contribution in [2.75, 3.05) is 5.06 Å². The highest BCUT2D eigenvalue weighted by atomic mass is 35.5. The van der Waals surface area contributed by atoms with Crippen LogP contribution in [0.3, 0.4) is 0 Å². The van der Waals surface area contributed by atoms with Gasteiger partial charge < -0.3 is 4.84 Å². The first kappa shape index (κ1) is 13.6. The smallest absolute Gasteiger partial charge is 0.264 e. The third-order valence-electron chi connectivity index (χ3n) is 2.92. The average molecular weight is 329 g/mol. The summed E-state index contributed by atoms with van der Waals surface area (Å²) in [6, 6.07) is 10.0. The van der Waals surface area contributed by atoms with E-state index in [1.54, 1.807) is 36.4 Å². The van der Waals surface area contributed by atoms with Crippen LogP contribution in [0.1, 0.15) is 5.56 Å². The van der Waals surface area contributed by atoms with E-state index in [0.29, 0.717) is 26.5 Å². The Labute approximate surface area is 130 Å². The number of hydroxylamine groups is 1. The number of halogens is 3. The summed E-state index contributed by atoms with van der Waals surface area (Å²) >= 11 is 17.9. The molecule has 1 heterocycles. The third kappa shape index (κ3) is 2.44. The first-order valence-corrected chi connectivity index (χ1v) is 6.92. The highest BCUT2D eigenvalue weighted by Gasteiger charge is 2.28. The van der Waals surface area contributed by atoms with Crippen molar-refractivity contribution in [3.8, 4) is 5.75 Å². The summed E-state index contributed by atoms with van der Waals surface area (Å²) in [6.07, 6.45) is 0.228. The van der Waals surface area contributed by atoms with Crippen molar-refractivity contribution in [2.24, 2.45) is 0 Å². The Bertz CT molecular complexity index is 703. The Hall–Kier alpha value is -1.42. The summed E-state index contributed by atoms with van der Waals surface area (Å²) in [7, 11) is 0. The standard InChI is InChI=1S/C14H8Cl3NO2/c15-9-3-4-12(11(17)6-9)18-14(19)5-8-1-2-10(16)7-13(8)20-18/h1-4,6-7H,5H2. The molecule has 0 atom stereocenters. The van der Waals surface area contributed by atoms with Gasteiger partial charge in [-0.05, 0) is 24.3 Å². The minimum Gasteiger partial charge on any atom is -0.371 e. The van der Waals surface area contributed by atoms with Gasteiger partial charge in [-0.3, -0.25) is 4.79 Å². The van der Waals surface area contributed by atoms with Crippen molar-refractivity contribution in [1.82, 2.24) is 0 Å². The van der Waals surface area contributed by atoms with Crippen molar-refractivity contribution in [3.63, 3.8) is 0 Å². The molecular formula is C14H8Cl3NO2. The molecule has 0 aliphatic carbocycles. The monoisotopic (exact) mass is 327 g/mol. The van der Waals surface area contributed by atoms with Crippen LogP contribution in [-0.4, -0.2) is 5.91 Å². The molecule has 0 saturated heterocycles. The Balaban J connectivity index is 2.01. The second-order valence-corrected chi connectivity index (χ2v) is 5.58. The minimum absolute atomic E-state index is 0.205. The SMILES string of the molecule is O=C1Cc2ccc(Cl)cc2ON1c1ccc(Cl)cc1Cl. The normalized spacial score (nSPS) is 13.9. The van der Waals surface area contributed by atoms with E-state index in [4.69, 9.17) is 39.6 Å². The zero-order chi connectivity index (χ0) is 14.3. The molecule has 6 heteroatoms. The quantitative estimate of drug-likeness (QED) is 0.769. The maximum Gasteiger partial charge on any atom is 0.264 e. The zero-order valence-corrected chi connectivity index (χ0v) is 12.3. The van der Waals surface area contributed by atoms with E-state index in [-0.39, 0.29) is 12.3 Å². The number of rotatable bonds is 1. The largest absolute Gasteiger partial charge is 0.371 e.